The highest BCUT2D eigenvalue weighted by molar-refractivity contribution is 9.10. The molecule has 25 heavy (non-hydrogen) atoms. The van der Waals surface area contributed by atoms with E-state index in [1.165, 1.54) is 17.0 Å². The van der Waals surface area contributed by atoms with Crippen molar-refractivity contribution in [3.8, 4) is 0 Å². The number of benzene rings is 1. The largest absolute Gasteiger partial charge is 0.460 e. The summed E-state index contributed by atoms with van der Waals surface area (Å²) in [5.74, 6) is -2.10. The van der Waals surface area contributed by atoms with Gasteiger partial charge in [0.25, 0.3) is 5.91 Å². The first-order valence-electron chi connectivity index (χ1n) is 7.80. The molecule has 1 heterocycles. The van der Waals surface area contributed by atoms with Gasteiger partial charge in [0, 0.05) is 24.1 Å². The van der Waals surface area contributed by atoms with Crippen molar-refractivity contribution < 1.29 is 23.5 Å². The zero-order valence-corrected chi connectivity index (χ0v) is 15.9. The molecule has 0 saturated heterocycles. The Morgan fingerprint density at radius 2 is 2.04 bits per heavy atom. The number of nitrogens with two attached hydrogens (primary N) is 1. The van der Waals surface area contributed by atoms with Gasteiger partial charge in [0.1, 0.15) is 17.5 Å². The number of primary amides is 1. The summed E-state index contributed by atoms with van der Waals surface area (Å²) in [7, 11) is 0. The van der Waals surface area contributed by atoms with Gasteiger partial charge >= 0.3 is 5.97 Å². The van der Waals surface area contributed by atoms with E-state index >= 15 is 0 Å². The van der Waals surface area contributed by atoms with Crippen LogP contribution in [0.15, 0.2) is 16.6 Å². The van der Waals surface area contributed by atoms with E-state index in [0.29, 0.717) is 11.1 Å². The summed E-state index contributed by atoms with van der Waals surface area (Å²) in [6.45, 7) is 5.27. The van der Waals surface area contributed by atoms with E-state index in [9.17, 15) is 18.8 Å². The van der Waals surface area contributed by atoms with Crippen molar-refractivity contribution >= 4 is 33.7 Å². The Labute approximate surface area is 153 Å². The number of carbonyl (C=O) groups is 3. The van der Waals surface area contributed by atoms with Gasteiger partial charge in [-0.2, -0.15) is 0 Å². The summed E-state index contributed by atoms with van der Waals surface area (Å²) in [5, 5.41) is 0. The number of rotatable bonds is 5. The van der Waals surface area contributed by atoms with Gasteiger partial charge in [-0.1, -0.05) is 0 Å². The van der Waals surface area contributed by atoms with E-state index in [1.54, 1.807) is 20.8 Å². The molecule has 136 valence electrons. The van der Waals surface area contributed by atoms with Crippen LogP contribution in [0.3, 0.4) is 0 Å². The quantitative estimate of drug-likeness (QED) is 0.749. The highest BCUT2D eigenvalue weighted by atomic mass is 79.9. The molecule has 2 rings (SSSR count). The molecule has 0 fully saturated rings. The number of halogens is 2. The minimum absolute atomic E-state index is 0.0457. The van der Waals surface area contributed by atoms with Crippen molar-refractivity contribution in [3.05, 3.63) is 33.5 Å². The molecule has 6 nitrogen and oxygen atoms in total. The van der Waals surface area contributed by atoms with Gasteiger partial charge in [0.05, 0.1) is 4.47 Å². The molecule has 1 aliphatic heterocycles. The predicted octanol–water partition coefficient (Wildman–Crippen LogP) is 2.52. The van der Waals surface area contributed by atoms with Gasteiger partial charge in [0.2, 0.25) is 5.91 Å². The van der Waals surface area contributed by atoms with Crippen molar-refractivity contribution in [1.82, 2.24) is 4.90 Å². The highest BCUT2D eigenvalue weighted by Crippen LogP contribution is 2.33. The molecule has 1 atom stereocenters. The number of carbonyl (C=O) groups excluding carboxylic acids is 3. The third-order valence-corrected chi connectivity index (χ3v) is 4.62. The summed E-state index contributed by atoms with van der Waals surface area (Å²) in [5.41, 5.74) is 5.57. The van der Waals surface area contributed by atoms with Crippen molar-refractivity contribution in [2.45, 2.75) is 51.8 Å². The minimum atomic E-state index is -0.970. The van der Waals surface area contributed by atoms with Gasteiger partial charge in [-0.15, -0.1) is 0 Å². The third-order valence-electron chi connectivity index (χ3n) is 3.76. The average Bonchev–Trinajstić information content (AvgIpc) is 2.79. The number of nitrogens with zero attached hydrogens (tertiary/aromatic N) is 1. The van der Waals surface area contributed by atoms with Crippen LogP contribution >= 0.6 is 15.9 Å². The van der Waals surface area contributed by atoms with Crippen molar-refractivity contribution in [1.29, 1.82) is 0 Å². The number of hydrogen-bond acceptors (Lipinski definition) is 4. The lowest BCUT2D eigenvalue weighted by molar-refractivity contribution is -0.155. The number of ether oxygens (including phenoxy) is 1. The van der Waals surface area contributed by atoms with Crippen LogP contribution in [0.25, 0.3) is 0 Å². The van der Waals surface area contributed by atoms with Crippen molar-refractivity contribution in [2.24, 2.45) is 5.73 Å². The normalized spacial score (nSPS) is 15.1. The van der Waals surface area contributed by atoms with Gasteiger partial charge in [-0.25, -0.2) is 4.39 Å². The molecule has 8 heteroatoms. The zero-order valence-electron chi connectivity index (χ0n) is 14.3. The minimum Gasteiger partial charge on any atom is -0.460 e. The fraction of sp³-hybridized carbons (Fsp3) is 0.471. The molecule has 2 N–H and O–H groups in total. The van der Waals surface area contributed by atoms with E-state index < -0.39 is 35.2 Å². The molecule has 1 aromatic rings. The van der Waals surface area contributed by atoms with Crippen LogP contribution in [0, 0.1) is 5.82 Å². The zero-order chi connectivity index (χ0) is 18.9. The predicted molar refractivity (Wildman–Crippen MR) is 92.0 cm³/mol. The third kappa shape index (κ3) is 4.36. The molecule has 0 radical (unpaired) electrons. The number of hydrogen-bond donors (Lipinski definition) is 1. The second-order valence-corrected chi connectivity index (χ2v) is 7.66. The summed E-state index contributed by atoms with van der Waals surface area (Å²) in [6, 6.07) is 1.59. The van der Waals surface area contributed by atoms with Crippen LogP contribution in [-0.4, -0.2) is 34.3 Å². The first-order chi connectivity index (χ1) is 11.5. The average molecular weight is 415 g/mol. The molecule has 0 saturated carbocycles. The summed E-state index contributed by atoms with van der Waals surface area (Å²) >= 11 is 3.12. The topological polar surface area (TPSA) is 89.7 Å². The Kier molecular flexibility index (Phi) is 5.51. The first kappa shape index (κ1) is 19.4. The molecule has 2 amide bonds. The Morgan fingerprint density at radius 3 is 2.60 bits per heavy atom. The van der Waals surface area contributed by atoms with Gasteiger partial charge in [-0.05, 0) is 55.3 Å². The second-order valence-electron chi connectivity index (χ2n) is 6.86. The van der Waals surface area contributed by atoms with Crippen LogP contribution in [0.5, 0.6) is 0 Å². The molecule has 0 spiro atoms. The Bertz CT molecular complexity index is 730. The molecule has 1 unspecified atom stereocenters. The molecule has 0 aliphatic carbocycles. The summed E-state index contributed by atoms with van der Waals surface area (Å²) in [6.07, 6.45) is -0.00932. The second kappa shape index (κ2) is 7.11. The van der Waals surface area contributed by atoms with Crippen LogP contribution in [0.2, 0.25) is 0 Å². The fourth-order valence-electron chi connectivity index (χ4n) is 2.69. The van der Waals surface area contributed by atoms with Crippen LogP contribution in [0.4, 0.5) is 4.39 Å². The Balaban J connectivity index is 2.14. The lowest BCUT2D eigenvalue weighted by Gasteiger charge is -2.25. The number of fused-ring (bicyclic) bond motifs is 1. The lowest BCUT2D eigenvalue weighted by atomic mass is 10.1. The highest BCUT2D eigenvalue weighted by Gasteiger charge is 2.37. The van der Waals surface area contributed by atoms with Crippen LogP contribution in [0.1, 0.15) is 49.5 Å². The monoisotopic (exact) mass is 414 g/mol. The maximum Gasteiger partial charge on any atom is 0.306 e. The molecule has 0 bridgehead atoms. The van der Waals surface area contributed by atoms with Crippen LogP contribution in [-0.2, 0) is 20.9 Å². The van der Waals surface area contributed by atoms with E-state index in [1.807, 2.05) is 0 Å². The standard InChI is InChI=1S/C17H20BrFN2O4/c1-17(2,3)25-13(22)7-6-12(15(20)23)21-8-10-9(16(21)24)4-5-11(19)14(10)18/h4-5,12H,6-8H2,1-3H3,(H2,20,23). The lowest BCUT2D eigenvalue weighted by Crippen LogP contribution is -2.45. The van der Waals surface area contributed by atoms with E-state index in [0.717, 1.165) is 0 Å². The number of esters is 1. The summed E-state index contributed by atoms with van der Waals surface area (Å²) < 4.78 is 19.1. The van der Waals surface area contributed by atoms with Gasteiger partial charge in [-0.3, -0.25) is 14.4 Å². The van der Waals surface area contributed by atoms with Crippen molar-refractivity contribution in [3.63, 3.8) is 0 Å². The van der Waals surface area contributed by atoms with E-state index in [2.05, 4.69) is 15.9 Å². The van der Waals surface area contributed by atoms with E-state index in [4.69, 9.17) is 10.5 Å². The smallest absolute Gasteiger partial charge is 0.306 e. The fourth-order valence-corrected chi connectivity index (χ4v) is 3.17. The number of amides is 2. The van der Waals surface area contributed by atoms with Gasteiger partial charge < -0.3 is 15.4 Å². The first-order valence-corrected chi connectivity index (χ1v) is 8.59. The molecule has 0 aromatic heterocycles. The van der Waals surface area contributed by atoms with Gasteiger partial charge in [0.15, 0.2) is 0 Å². The molecular formula is C17H20BrFN2O4. The summed E-state index contributed by atoms with van der Waals surface area (Å²) in [4.78, 5) is 37.5. The Morgan fingerprint density at radius 1 is 1.40 bits per heavy atom. The molecule has 1 aliphatic rings. The SMILES string of the molecule is CC(C)(C)OC(=O)CCC(C(N)=O)N1Cc2c(ccc(F)c2Br)C1=O. The van der Waals surface area contributed by atoms with E-state index in [-0.39, 0.29) is 23.9 Å². The van der Waals surface area contributed by atoms with Crippen molar-refractivity contribution in [2.75, 3.05) is 0 Å². The van der Waals surface area contributed by atoms with Crippen LogP contribution < -0.4 is 5.73 Å². The maximum atomic E-state index is 13.7. The molecular weight excluding hydrogens is 395 g/mol. The molecule has 1 aromatic carbocycles. The Hall–Kier alpha value is -1.96. The maximum absolute atomic E-state index is 13.7.